The van der Waals surface area contributed by atoms with Crippen molar-refractivity contribution in [1.82, 2.24) is 24.6 Å². The van der Waals surface area contributed by atoms with Crippen molar-refractivity contribution in [1.29, 1.82) is 0 Å². The van der Waals surface area contributed by atoms with Gasteiger partial charge in [0, 0.05) is 37.8 Å². The standard InChI is InChI=1S/C15H20N6OS/c1-11-17-18-13-10-19(6-7-21(11)13)14(22)12-3-2-5-20(9-12)15-16-4-8-23-15/h4,8,12H,2-3,5-7,9-10H2,1H3/t12-/m0/s1. The lowest BCUT2D eigenvalue weighted by Gasteiger charge is -2.36. The molecule has 2 aliphatic rings. The van der Waals surface area contributed by atoms with Crippen molar-refractivity contribution in [2.75, 3.05) is 24.5 Å². The highest BCUT2D eigenvalue weighted by Crippen LogP contribution is 2.26. The number of amides is 1. The normalized spacial score (nSPS) is 21.3. The van der Waals surface area contributed by atoms with E-state index in [4.69, 9.17) is 0 Å². The van der Waals surface area contributed by atoms with E-state index in [1.54, 1.807) is 11.3 Å². The van der Waals surface area contributed by atoms with Gasteiger partial charge < -0.3 is 14.4 Å². The molecule has 0 spiro atoms. The van der Waals surface area contributed by atoms with Crippen molar-refractivity contribution in [3.8, 4) is 0 Å². The highest BCUT2D eigenvalue weighted by atomic mass is 32.1. The number of hydrogen-bond acceptors (Lipinski definition) is 6. The molecule has 1 amide bonds. The van der Waals surface area contributed by atoms with Gasteiger partial charge in [0.25, 0.3) is 0 Å². The van der Waals surface area contributed by atoms with Crippen LogP contribution >= 0.6 is 11.3 Å². The number of rotatable bonds is 2. The largest absolute Gasteiger partial charge is 0.347 e. The Morgan fingerprint density at radius 1 is 1.30 bits per heavy atom. The van der Waals surface area contributed by atoms with Crippen LogP contribution < -0.4 is 4.90 Å². The number of fused-ring (bicyclic) bond motifs is 1. The Bertz CT molecular complexity index is 697. The first-order valence-corrected chi connectivity index (χ1v) is 8.92. The molecule has 4 rings (SSSR count). The summed E-state index contributed by atoms with van der Waals surface area (Å²) in [5.74, 6) is 2.13. The zero-order valence-electron chi connectivity index (χ0n) is 13.2. The monoisotopic (exact) mass is 332 g/mol. The van der Waals surface area contributed by atoms with Gasteiger partial charge in [0.2, 0.25) is 5.91 Å². The van der Waals surface area contributed by atoms with Gasteiger partial charge in [0.05, 0.1) is 12.5 Å². The number of aryl methyl sites for hydroxylation is 1. The molecule has 0 saturated carbocycles. The minimum atomic E-state index is 0.0585. The molecule has 1 atom stereocenters. The molecule has 0 bridgehead atoms. The van der Waals surface area contributed by atoms with E-state index >= 15 is 0 Å². The maximum absolute atomic E-state index is 12.9. The molecule has 0 unspecified atom stereocenters. The minimum Gasteiger partial charge on any atom is -0.347 e. The van der Waals surface area contributed by atoms with Crippen molar-refractivity contribution in [3.63, 3.8) is 0 Å². The second-order valence-corrected chi connectivity index (χ2v) is 7.05. The SMILES string of the molecule is Cc1nnc2n1CCN(C(=O)[C@H]1CCCN(c3nccs3)C1)C2. The van der Waals surface area contributed by atoms with Gasteiger partial charge in [-0.1, -0.05) is 0 Å². The van der Waals surface area contributed by atoms with Crippen molar-refractivity contribution in [2.45, 2.75) is 32.9 Å². The van der Waals surface area contributed by atoms with E-state index in [2.05, 4.69) is 24.6 Å². The van der Waals surface area contributed by atoms with Crippen LogP contribution in [0.5, 0.6) is 0 Å². The van der Waals surface area contributed by atoms with Gasteiger partial charge in [-0.05, 0) is 19.8 Å². The van der Waals surface area contributed by atoms with E-state index in [0.29, 0.717) is 6.54 Å². The molecule has 0 radical (unpaired) electrons. The molecule has 7 nitrogen and oxygen atoms in total. The van der Waals surface area contributed by atoms with E-state index in [1.165, 1.54) is 0 Å². The molecular formula is C15H20N6OS. The summed E-state index contributed by atoms with van der Waals surface area (Å²) in [5, 5.41) is 11.3. The lowest BCUT2D eigenvalue weighted by Crippen LogP contribution is -2.47. The Morgan fingerprint density at radius 2 is 2.22 bits per heavy atom. The Kier molecular flexibility index (Phi) is 3.76. The lowest BCUT2D eigenvalue weighted by molar-refractivity contribution is -0.137. The zero-order valence-corrected chi connectivity index (χ0v) is 14.0. The Morgan fingerprint density at radius 3 is 3.04 bits per heavy atom. The summed E-state index contributed by atoms with van der Waals surface area (Å²) in [7, 11) is 0. The van der Waals surface area contributed by atoms with Gasteiger partial charge in [-0.2, -0.15) is 0 Å². The number of anilines is 1. The Balaban J connectivity index is 1.45. The third-order valence-corrected chi connectivity index (χ3v) is 5.54. The summed E-state index contributed by atoms with van der Waals surface area (Å²) < 4.78 is 2.10. The van der Waals surface area contributed by atoms with Gasteiger partial charge in [-0.3, -0.25) is 4.79 Å². The number of nitrogens with zero attached hydrogens (tertiary/aromatic N) is 6. The Hall–Kier alpha value is -1.96. The zero-order chi connectivity index (χ0) is 15.8. The minimum absolute atomic E-state index is 0.0585. The predicted octanol–water partition coefficient (Wildman–Crippen LogP) is 1.30. The number of aromatic nitrogens is 4. The quantitative estimate of drug-likeness (QED) is 0.829. The molecule has 0 aromatic carbocycles. The van der Waals surface area contributed by atoms with Gasteiger partial charge in [-0.15, -0.1) is 21.5 Å². The van der Waals surface area contributed by atoms with Crippen molar-refractivity contribution in [3.05, 3.63) is 23.2 Å². The molecule has 2 aromatic rings. The third kappa shape index (κ3) is 2.71. The van der Waals surface area contributed by atoms with E-state index in [9.17, 15) is 4.79 Å². The van der Waals surface area contributed by atoms with Gasteiger partial charge in [0.1, 0.15) is 5.82 Å². The summed E-state index contributed by atoms with van der Waals surface area (Å²) in [4.78, 5) is 21.5. The highest BCUT2D eigenvalue weighted by Gasteiger charge is 2.32. The summed E-state index contributed by atoms with van der Waals surface area (Å²) >= 11 is 1.64. The first-order valence-electron chi connectivity index (χ1n) is 8.04. The van der Waals surface area contributed by atoms with Crippen LogP contribution in [-0.2, 0) is 17.9 Å². The van der Waals surface area contributed by atoms with Crippen LogP contribution in [0.1, 0.15) is 24.5 Å². The van der Waals surface area contributed by atoms with E-state index < -0.39 is 0 Å². The van der Waals surface area contributed by atoms with Crippen LogP contribution in [0.2, 0.25) is 0 Å². The molecule has 2 aromatic heterocycles. The number of thiazole rings is 1. The number of carbonyl (C=O) groups excluding carboxylic acids is 1. The van der Waals surface area contributed by atoms with Crippen LogP contribution in [0.25, 0.3) is 0 Å². The molecule has 4 heterocycles. The first-order chi connectivity index (χ1) is 11.2. The Labute approximate surface area is 138 Å². The van der Waals surface area contributed by atoms with Gasteiger partial charge in [-0.25, -0.2) is 4.98 Å². The second kappa shape index (κ2) is 5.92. The predicted molar refractivity (Wildman–Crippen MR) is 87.2 cm³/mol. The number of piperidine rings is 1. The average Bonchev–Trinajstić information content (AvgIpc) is 3.24. The fourth-order valence-corrected chi connectivity index (χ4v) is 4.15. The van der Waals surface area contributed by atoms with Crippen LogP contribution in [-0.4, -0.2) is 50.2 Å². The van der Waals surface area contributed by atoms with Crippen LogP contribution in [0, 0.1) is 12.8 Å². The summed E-state index contributed by atoms with van der Waals surface area (Å²) in [6.45, 7) is 5.84. The molecule has 2 aliphatic heterocycles. The fraction of sp³-hybridized carbons (Fsp3) is 0.600. The molecular weight excluding hydrogens is 312 g/mol. The molecule has 8 heteroatoms. The topological polar surface area (TPSA) is 67.2 Å². The van der Waals surface area contributed by atoms with Crippen molar-refractivity contribution < 1.29 is 4.79 Å². The van der Waals surface area contributed by atoms with E-state index in [-0.39, 0.29) is 11.8 Å². The highest BCUT2D eigenvalue weighted by molar-refractivity contribution is 7.13. The third-order valence-electron chi connectivity index (χ3n) is 4.71. The number of carbonyl (C=O) groups is 1. The maximum atomic E-state index is 12.9. The van der Waals surface area contributed by atoms with E-state index in [0.717, 1.165) is 55.8 Å². The average molecular weight is 332 g/mol. The lowest BCUT2D eigenvalue weighted by atomic mass is 9.96. The van der Waals surface area contributed by atoms with Crippen molar-refractivity contribution in [2.24, 2.45) is 5.92 Å². The van der Waals surface area contributed by atoms with Crippen LogP contribution in [0.4, 0.5) is 5.13 Å². The van der Waals surface area contributed by atoms with Gasteiger partial charge >= 0.3 is 0 Å². The molecule has 1 fully saturated rings. The maximum Gasteiger partial charge on any atom is 0.227 e. The number of hydrogen-bond donors (Lipinski definition) is 0. The molecule has 0 N–H and O–H groups in total. The first kappa shape index (κ1) is 14.6. The fourth-order valence-electron chi connectivity index (χ4n) is 3.47. The van der Waals surface area contributed by atoms with Crippen molar-refractivity contribution >= 4 is 22.4 Å². The second-order valence-electron chi connectivity index (χ2n) is 6.17. The van der Waals surface area contributed by atoms with Gasteiger partial charge in [0.15, 0.2) is 11.0 Å². The summed E-state index contributed by atoms with van der Waals surface area (Å²) in [6, 6.07) is 0. The smallest absolute Gasteiger partial charge is 0.227 e. The summed E-state index contributed by atoms with van der Waals surface area (Å²) in [5.41, 5.74) is 0. The van der Waals surface area contributed by atoms with Crippen LogP contribution in [0.15, 0.2) is 11.6 Å². The van der Waals surface area contributed by atoms with E-state index in [1.807, 2.05) is 23.4 Å². The molecule has 23 heavy (non-hydrogen) atoms. The molecule has 0 aliphatic carbocycles. The summed E-state index contributed by atoms with van der Waals surface area (Å²) in [6.07, 6.45) is 3.83. The molecule has 1 saturated heterocycles. The van der Waals surface area contributed by atoms with Crippen LogP contribution in [0.3, 0.4) is 0 Å². The molecule has 122 valence electrons.